The third-order valence-corrected chi connectivity index (χ3v) is 7.64. The molecule has 198 valence electrons. The monoisotopic (exact) mass is 515 g/mol. The highest BCUT2D eigenvalue weighted by atomic mass is 16.2. The summed E-state index contributed by atoms with van der Waals surface area (Å²) in [4.78, 5) is 59.3. The number of hydrogen-bond donors (Lipinski definition) is 2. The molecule has 5 rings (SSSR count). The molecule has 38 heavy (non-hydrogen) atoms. The molecule has 2 aromatic carbocycles. The van der Waals surface area contributed by atoms with Crippen molar-refractivity contribution in [3.8, 4) is 0 Å². The van der Waals surface area contributed by atoms with Gasteiger partial charge in [-0.25, -0.2) is 4.79 Å². The maximum absolute atomic E-state index is 14.0. The number of amides is 5. The molecular weight excluding hydrogens is 482 g/mol. The van der Waals surface area contributed by atoms with Gasteiger partial charge in [0.2, 0.25) is 17.7 Å². The zero-order valence-corrected chi connectivity index (χ0v) is 21.7. The molecule has 3 fully saturated rings. The van der Waals surface area contributed by atoms with E-state index in [2.05, 4.69) is 10.6 Å². The van der Waals surface area contributed by atoms with E-state index in [-0.39, 0.29) is 24.3 Å². The topological polar surface area (TPSA) is 102 Å². The number of rotatable bonds is 5. The Balaban J connectivity index is 1.57. The summed E-state index contributed by atoms with van der Waals surface area (Å²) in [7, 11) is 0. The van der Waals surface area contributed by atoms with Crippen molar-refractivity contribution in [1.29, 1.82) is 0 Å². The number of nitrogens with zero attached hydrogens (tertiary/aromatic N) is 3. The molecule has 2 aromatic rings. The fourth-order valence-corrected chi connectivity index (χ4v) is 5.73. The van der Waals surface area contributed by atoms with Gasteiger partial charge in [0.05, 0.1) is 17.9 Å². The van der Waals surface area contributed by atoms with Crippen molar-refractivity contribution < 1.29 is 19.2 Å². The van der Waals surface area contributed by atoms with Crippen LogP contribution in [0.3, 0.4) is 0 Å². The van der Waals surface area contributed by atoms with Crippen molar-refractivity contribution in [1.82, 2.24) is 20.0 Å². The Morgan fingerprint density at radius 1 is 0.974 bits per heavy atom. The molecule has 9 heteroatoms. The summed E-state index contributed by atoms with van der Waals surface area (Å²) >= 11 is 0. The van der Waals surface area contributed by atoms with Crippen LogP contribution in [0.4, 0.5) is 10.5 Å². The molecule has 0 saturated carbocycles. The van der Waals surface area contributed by atoms with Gasteiger partial charge < -0.3 is 20.4 Å². The quantitative estimate of drug-likeness (QED) is 0.596. The Labute approximate surface area is 222 Å². The summed E-state index contributed by atoms with van der Waals surface area (Å²) in [6, 6.07) is 14.5. The lowest BCUT2D eigenvalue weighted by Gasteiger charge is -2.36. The number of aryl methyl sites for hydroxylation is 1. The largest absolute Gasteiger partial charge is 0.338 e. The fourth-order valence-electron chi connectivity index (χ4n) is 5.73. The molecule has 9 nitrogen and oxygen atoms in total. The third-order valence-electron chi connectivity index (χ3n) is 7.64. The Hall–Kier alpha value is -3.98. The van der Waals surface area contributed by atoms with E-state index in [0.29, 0.717) is 31.9 Å². The summed E-state index contributed by atoms with van der Waals surface area (Å²) in [6.45, 7) is 6.15. The van der Waals surface area contributed by atoms with Gasteiger partial charge in [0.1, 0.15) is 6.04 Å². The minimum absolute atomic E-state index is 0.226. The molecule has 0 radical (unpaired) electrons. The molecule has 3 saturated heterocycles. The number of fused-ring (bicyclic) bond motifs is 1. The minimum Gasteiger partial charge on any atom is -0.338 e. The molecule has 2 N–H and O–H groups in total. The fraction of sp³-hybridized carbons (Fsp3) is 0.379. The summed E-state index contributed by atoms with van der Waals surface area (Å²) in [5.41, 5.74) is 2.51. The molecule has 4 atom stereocenters. The van der Waals surface area contributed by atoms with Crippen molar-refractivity contribution in [3.63, 3.8) is 0 Å². The van der Waals surface area contributed by atoms with Crippen LogP contribution in [0, 0.1) is 18.8 Å². The van der Waals surface area contributed by atoms with Gasteiger partial charge in [0.15, 0.2) is 0 Å². The molecular formula is C29H33N5O4. The first-order valence-electron chi connectivity index (χ1n) is 13.1. The number of anilines is 1. The summed E-state index contributed by atoms with van der Waals surface area (Å²) in [5, 5.41) is 6.13. The molecule has 3 aliphatic rings. The van der Waals surface area contributed by atoms with Crippen molar-refractivity contribution in [2.45, 2.75) is 25.9 Å². The van der Waals surface area contributed by atoms with Crippen LogP contribution in [-0.4, -0.2) is 83.3 Å². The maximum atomic E-state index is 14.0. The predicted molar refractivity (Wildman–Crippen MR) is 144 cm³/mol. The lowest BCUT2D eigenvalue weighted by atomic mass is 9.88. The number of carbonyl (C=O) groups excluding carboxylic acids is 4. The summed E-state index contributed by atoms with van der Waals surface area (Å²) in [5.74, 6) is -2.79. The second kappa shape index (κ2) is 10.8. The van der Waals surface area contributed by atoms with Gasteiger partial charge in [0.25, 0.3) is 0 Å². The first kappa shape index (κ1) is 25.7. The van der Waals surface area contributed by atoms with Crippen LogP contribution >= 0.6 is 0 Å². The average Bonchev–Trinajstić information content (AvgIpc) is 3.41. The van der Waals surface area contributed by atoms with E-state index < -0.39 is 30.0 Å². The van der Waals surface area contributed by atoms with Crippen LogP contribution in [0.15, 0.2) is 60.7 Å². The van der Waals surface area contributed by atoms with Crippen LogP contribution in [0.1, 0.15) is 18.1 Å². The Morgan fingerprint density at radius 2 is 1.63 bits per heavy atom. The zero-order valence-electron chi connectivity index (χ0n) is 21.7. The number of piperazine rings is 1. The van der Waals surface area contributed by atoms with Gasteiger partial charge in [0, 0.05) is 38.4 Å². The average molecular weight is 516 g/mol. The molecule has 0 spiro atoms. The zero-order chi connectivity index (χ0) is 26.8. The smallest absolute Gasteiger partial charge is 0.323 e. The summed E-state index contributed by atoms with van der Waals surface area (Å²) in [6.07, 6.45) is 3.63. The van der Waals surface area contributed by atoms with Crippen molar-refractivity contribution in [2.75, 3.05) is 38.0 Å². The van der Waals surface area contributed by atoms with Gasteiger partial charge in [-0.1, -0.05) is 60.2 Å². The first-order chi connectivity index (χ1) is 18.4. The second-order valence-corrected chi connectivity index (χ2v) is 9.96. The van der Waals surface area contributed by atoms with Gasteiger partial charge in [-0.15, -0.1) is 0 Å². The standard InChI is InChI=1S/C29H33N5O4/c1-3-33-26(35)23-22(14-11-20-7-5-4-6-8-20)34(29(38)31-21-12-9-19(2)10-13-21)25(24(23)27(33)36)28(37)32-17-15-30-16-18-32/h4-14,22-25,30H,3,15-18H2,1-2H3,(H,31,38). The first-order valence-corrected chi connectivity index (χ1v) is 13.1. The lowest BCUT2D eigenvalue weighted by molar-refractivity contribution is -0.145. The van der Waals surface area contributed by atoms with E-state index in [4.69, 9.17) is 0 Å². The van der Waals surface area contributed by atoms with Crippen LogP contribution in [0.5, 0.6) is 0 Å². The number of carbonyl (C=O) groups is 4. The van der Waals surface area contributed by atoms with Crippen molar-refractivity contribution in [2.24, 2.45) is 11.8 Å². The number of imide groups is 1. The van der Waals surface area contributed by atoms with E-state index in [9.17, 15) is 19.2 Å². The maximum Gasteiger partial charge on any atom is 0.323 e. The molecule has 0 aliphatic carbocycles. The number of nitrogens with one attached hydrogen (secondary N) is 2. The van der Waals surface area contributed by atoms with E-state index >= 15 is 0 Å². The van der Waals surface area contributed by atoms with Crippen LogP contribution in [0.25, 0.3) is 6.08 Å². The second-order valence-electron chi connectivity index (χ2n) is 9.96. The highest BCUT2D eigenvalue weighted by Crippen LogP contribution is 2.44. The molecule has 0 aromatic heterocycles. The third kappa shape index (κ3) is 4.69. The van der Waals surface area contributed by atoms with Crippen molar-refractivity contribution in [3.05, 3.63) is 71.8 Å². The number of urea groups is 1. The molecule has 0 bridgehead atoms. The lowest BCUT2D eigenvalue weighted by Crippen LogP contribution is -2.58. The van der Waals surface area contributed by atoms with E-state index in [1.54, 1.807) is 30.0 Å². The number of likely N-dealkylation sites (tertiary alicyclic amines) is 2. The van der Waals surface area contributed by atoms with E-state index in [1.165, 1.54) is 9.80 Å². The minimum atomic E-state index is -1.08. The highest BCUT2D eigenvalue weighted by Gasteiger charge is 2.64. The van der Waals surface area contributed by atoms with Crippen LogP contribution < -0.4 is 10.6 Å². The Bertz CT molecular complexity index is 1240. The Kier molecular flexibility index (Phi) is 7.28. The normalized spacial score (nSPS) is 25.3. The van der Waals surface area contributed by atoms with Gasteiger partial charge in [-0.3, -0.25) is 19.3 Å². The van der Waals surface area contributed by atoms with Gasteiger partial charge in [-0.05, 0) is 31.5 Å². The van der Waals surface area contributed by atoms with Crippen molar-refractivity contribution >= 4 is 35.5 Å². The van der Waals surface area contributed by atoms with E-state index in [0.717, 1.165) is 11.1 Å². The van der Waals surface area contributed by atoms with Gasteiger partial charge >= 0.3 is 6.03 Å². The molecule has 4 unspecified atom stereocenters. The Morgan fingerprint density at radius 3 is 2.29 bits per heavy atom. The molecule has 5 amide bonds. The molecule has 3 heterocycles. The summed E-state index contributed by atoms with van der Waals surface area (Å²) < 4.78 is 0. The predicted octanol–water partition coefficient (Wildman–Crippen LogP) is 2.35. The van der Waals surface area contributed by atoms with Crippen LogP contribution in [0.2, 0.25) is 0 Å². The SMILES string of the molecule is CCN1C(=O)C2C(C1=O)C(C(=O)N1CCNCC1)N(C(=O)Nc1ccc(C)cc1)C2C=Cc1ccccc1. The number of benzene rings is 2. The van der Waals surface area contributed by atoms with Gasteiger partial charge in [-0.2, -0.15) is 0 Å². The van der Waals surface area contributed by atoms with Crippen LogP contribution in [-0.2, 0) is 14.4 Å². The van der Waals surface area contributed by atoms with E-state index in [1.807, 2.05) is 55.5 Å². The molecule has 3 aliphatic heterocycles. The highest BCUT2D eigenvalue weighted by molar-refractivity contribution is 6.10. The number of hydrogen-bond acceptors (Lipinski definition) is 5.